The minimum absolute atomic E-state index is 0.823. The van der Waals surface area contributed by atoms with Crippen LogP contribution >= 0.6 is 0 Å². The van der Waals surface area contributed by atoms with E-state index >= 15 is 0 Å². The van der Waals surface area contributed by atoms with Gasteiger partial charge in [0.05, 0.1) is 13.1 Å². The van der Waals surface area contributed by atoms with Crippen molar-refractivity contribution in [1.29, 1.82) is 0 Å². The van der Waals surface area contributed by atoms with E-state index in [0.29, 0.717) is 0 Å². The monoisotopic (exact) mass is 233 g/mol. The smallest absolute Gasteiger partial charge is 0.118 e. The zero-order valence-corrected chi connectivity index (χ0v) is 10.7. The zero-order chi connectivity index (χ0) is 12.3. The van der Waals surface area contributed by atoms with Gasteiger partial charge in [-0.25, -0.2) is 0 Å². The van der Waals surface area contributed by atoms with Crippen LogP contribution in [0.15, 0.2) is 33.1 Å². The minimum atomic E-state index is 0.823. The summed E-state index contributed by atoms with van der Waals surface area (Å²) in [6, 6.07) is 8.07. The van der Waals surface area contributed by atoms with E-state index in [2.05, 4.69) is 11.8 Å². The fourth-order valence-corrected chi connectivity index (χ4v) is 1.86. The Hall–Kier alpha value is -1.48. The molecule has 0 bridgehead atoms. The molecule has 2 rings (SSSR count). The second-order valence-electron chi connectivity index (χ2n) is 4.33. The largest absolute Gasteiger partial charge is 0.465 e. The lowest BCUT2D eigenvalue weighted by Crippen LogP contribution is -2.21. The van der Waals surface area contributed by atoms with E-state index < -0.39 is 0 Å². The predicted molar refractivity (Wildman–Crippen MR) is 66.7 cm³/mol. The zero-order valence-electron chi connectivity index (χ0n) is 10.7. The number of nitrogens with zero attached hydrogens (tertiary/aromatic N) is 1. The topological polar surface area (TPSA) is 29.5 Å². The van der Waals surface area contributed by atoms with Crippen molar-refractivity contribution in [2.24, 2.45) is 0 Å². The summed E-state index contributed by atoms with van der Waals surface area (Å²) in [5, 5.41) is 0. The fourth-order valence-electron chi connectivity index (χ4n) is 1.86. The first-order chi connectivity index (χ1) is 8.17. The van der Waals surface area contributed by atoms with Crippen LogP contribution in [0.2, 0.25) is 0 Å². The maximum absolute atomic E-state index is 5.59. The molecule has 3 nitrogen and oxygen atoms in total. The van der Waals surface area contributed by atoms with Gasteiger partial charge in [0.25, 0.3) is 0 Å². The van der Waals surface area contributed by atoms with Crippen LogP contribution in [0.25, 0.3) is 0 Å². The van der Waals surface area contributed by atoms with E-state index in [0.717, 1.165) is 42.7 Å². The van der Waals surface area contributed by atoms with Crippen molar-refractivity contribution in [3.8, 4) is 0 Å². The van der Waals surface area contributed by atoms with E-state index in [4.69, 9.17) is 8.83 Å². The number of hydrogen-bond acceptors (Lipinski definition) is 3. The number of rotatable bonds is 5. The molecule has 0 aliphatic heterocycles. The molecule has 0 unspecified atom stereocenters. The van der Waals surface area contributed by atoms with Crippen LogP contribution in [0.3, 0.4) is 0 Å². The van der Waals surface area contributed by atoms with Crippen molar-refractivity contribution >= 4 is 0 Å². The van der Waals surface area contributed by atoms with Gasteiger partial charge in [0.1, 0.15) is 23.0 Å². The lowest BCUT2D eigenvalue weighted by atomic mass is 10.3. The van der Waals surface area contributed by atoms with E-state index in [1.807, 2.05) is 38.1 Å². The van der Waals surface area contributed by atoms with Gasteiger partial charge in [0.15, 0.2) is 0 Å². The van der Waals surface area contributed by atoms with Gasteiger partial charge in [0.2, 0.25) is 0 Å². The van der Waals surface area contributed by atoms with Crippen LogP contribution in [-0.2, 0) is 13.1 Å². The molecule has 0 amide bonds. The van der Waals surface area contributed by atoms with Gasteiger partial charge in [-0.2, -0.15) is 0 Å². The Morgan fingerprint density at radius 1 is 0.882 bits per heavy atom. The molecule has 0 N–H and O–H groups in total. The van der Waals surface area contributed by atoms with E-state index in [1.165, 1.54) is 0 Å². The summed E-state index contributed by atoms with van der Waals surface area (Å²) in [5.41, 5.74) is 0. The molecule has 2 aromatic rings. The Bertz CT molecular complexity index is 428. The first-order valence-electron chi connectivity index (χ1n) is 6.00. The van der Waals surface area contributed by atoms with E-state index in [-0.39, 0.29) is 0 Å². The average Bonchev–Trinajstić information content (AvgIpc) is 2.87. The van der Waals surface area contributed by atoms with Crippen LogP contribution in [0.5, 0.6) is 0 Å². The van der Waals surface area contributed by atoms with Crippen molar-refractivity contribution < 1.29 is 8.83 Å². The third-order valence-electron chi connectivity index (χ3n) is 2.80. The molecule has 0 spiro atoms. The highest BCUT2D eigenvalue weighted by Gasteiger charge is 2.09. The highest BCUT2D eigenvalue weighted by atomic mass is 16.3. The molecular weight excluding hydrogens is 214 g/mol. The van der Waals surface area contributed by atoms with Crippen molar-refractivity contribution in [1.82, 2.24) is 4.90 Å². The second kappa shape index (κ2) is 5.23. The lowest BCUT2D eigenvalue weighted by molar-refractivity contribution is 0.226. The maximum atomic E-state index is 5.59. The highest BCUT2D eigenvalue weighted by Crippen LogP contribution is 2.14. The normalized spacial score (nSPS) is 11.3. The van der Waals surface area contributed by atoms with E-state index in [9.17, 15) is 0 Å². The SMILES string of the molecule is CCN(Cc1ccc(C)o1)Cc1ccc(C)o1. The van der Waals surface area contributed by atoms with Gasteiger partial charge in [0, 0.05) is 0 Å². The first kappa shape index (κ1) is 12.0. The van der Waals surface area contributed by atoms with Crippen LogP contribution in [0.1, 0.15) is 30.0 Å². The molecular formula is C14H19NO2. The van der Waals surface area contributed by atoms with Crippen molar-refractivity contribution in [3.63, 3.8) is 0 Å². The fraction of sp³-hybridized carbons (Fsp3) is 0.429. The molecule has 3 heteroatoms. The summed E-state index contributed by atoms with van der Waals surface area (Å²) >= 11 is 0. The predicted octanol–water partition coefficient (Wildman–Crippen LogP) is 3.51. The lowest BCUT2D eigenvalue weighted by Gasteiger charge is -2.17. The molecule has 2 aromatic heterocycles. The van der Waals surface area contributed by atoms with E-state index in [1.54, 1.807) is 0 Å². The summed E-state index contributed by atoms with van der Waals surface area (Å²) in [6.07, 6.45) is 0. The Labute approximate surface area is 102 Å². The molecule has 92 valence electrons. The van der Waals surface area contributed by atoms with Crippen LogP contribution < -0.4 is 0 Å². The summed E-state index contributed by atoms with van der Waals surface area (Å²) in [7, 11) is 0. The summed E-state index contributed by atoms with van der Waals surface area (Å²) in [4.78, 5) is 2.29. The highest BCUT2D eigenvalue weighted by molar-refractivity contribution is 5.07. The van der Waals surface area contributed by atoms with Gasteiger partial charge >= 0.3 is 0 Å². The van der Waals surface area contributed by atoms with Gasteiger partial charge < -0.3 is 8.83 Å². The minimum Gasteiger partial charge on any atom is -0.465 e. The third-order valence-corrected chi connectivity index (χ3v) is 2.80. The third kappa shape index (κ3) is 3.24. The average molecular weight is 233 g/mol. The molecule has 0 aromatic carbocycles. The van der Waals surface area contributed by atoms with Gasteiger partial charge in [-0.15, -0.1) is 0 Å². The van der Waals surface area contributed by atoms with Gasteiger partial charge in [-0.1, -0.05) is 6.92 Å². The number of furan rings is 2. The van der Waals surface area contributed by atoms with Crippen LogP contribution in [0.4, 0.5) is 0 Å². The molecule has 17 heavy (non-hydrogen) atoms. The quantitative estimate of drug-likeness (QED) is 0.791. The molecule has 0 saturated heterocycles. The van der Waals surface area contributed by atoms with Crippen LogP contribution in [0, 0.1) is 13.8 Å². The maximum Gasteiger partial charge on any atom is 0.118 e. The van der Waals surface area contributed by atoms with Crippen molar-refractivity contribution in [3.05, 3.63) is 47.3 Å². The molecule has 0 aliphatic rings. The molecule has 0 fully saturated rings. The van der Waals surface area contributed by atoms with Crippen LogP contribution in [-0.4, -0.2) is 11.4 Å². The van der Waals surface area contributed by atoms with Gasteiger partial charge in [-0.3, -0.25) is 4.90 Å². The van der Waals surface area contributed by atoms with Gasteiger partial charge in [-0.05, 0) is 44.7 Å². The number of hydrogen-bond donors (Lipinski definition) is 0. The molecule has 2 heterocycles. The summed E-state index contributed by atoms with van der Waals surface area (Å²) < 4.78 is 11.2. The number of aryl methyl sites for hydroxylation is 2. The Balaban J connectivity index is 1.97. The van der Waals surface area contributed by atoms with Crippen molar-refractivity contribution in [2.45, 2.75) is 33.9 Å². The second-order valence-corrected chi connectivity index (χ2v) is 4.33. The molecule has 0 radical (unpaired) electrons. The Morgan fingerprint density at radius 3 is 1.65 bits per heavy atom. The Kier molecular flexibility index (Phi) is 3.69. The Morgan fingerprint density at radius 2 is 1.35 bits per heavy atom. The molecule has 0 aliphatic carbocycles. The molecule has 0 saturated carbocycles. The summed E-state index contributed by atoms with van der Waals surface area (Å²) in [5.74, 6) is 3.94. The van der Waals surface area contributed by atoms with Crippen molar-refractivity contribution in [2.75, 3.05) is 6.54 Å². The summed E-state index contributed by atoms with van der Waals surface area (Å²) in [6.45, 7) is 8.70. The first-order valence-corrected chi connectivity index (χ1v) is 6.00. The standard InChI is InChI=1S/C14H19NO2/c1-4-15(9-13-7-5-11(2)16-13)10-14-8-6-12(3)17-14/h5-8H,4,9-10H2,1-3H3. The molecule has 0 atom stereocenters.